The maximum absolute atomic E-state index is 13.4. The second-order valence-electron chi connectivity index (χ2n) is 8.04. The van der Waals surface area contributed by atoms with Crippen molar-refractivity contribution in [3.05, 3.63) is 64.3 Å². The summed E-state index contributed by atoms with van der Waals surface area (Å²) in [5, 5.41) is 6.25. The molecule has 192 valence electrons. The number of aromatic nitrogens is 2. The number of fused-ring (bicyclic) bond motifs is 1. The number of anilines is 5. The molecule has 0 saturated heterocycles. The Labute approximate surface area is 223 Å². The summed E-state index contributed by atoms with van der Waals surface area (Å²) >= 11 is 13.1. The van der Waals surface area contributed by atoms with Gasteiger partial charge in [-0.1, -0.05) is 41.9 Å². The van der Waals surface area contributed by atoms with Crippen LogP contribution in [0.25, 0.3) is 0 Å². The van der Waals surface area contributed by atoms with Crippen molar-refractivity contribution >= 4 is 64.0 Å². The zero-order valence-corrected chi connectivity index (χ0v) is 22.1. The third-order valence-corrected chi connectivity index (χ3v) is 6.51. The molecular formula is C25H24Cl2N6O4. The standard InChI is InChI=1S/C25H24Cl2N6O4/c1-6-18(34)29-15-9-7-8-13(2)21(15)30-24-28-11-14-12-33(25(35)32(3)23(14)31-24)22-19(26)16(36-4)10-17(37-5)20(22)27/h6-11H,1,12H2,2-5H3,(H,29,34)(H,28,30,31). The number of urea groups is 1. The summed E-state index contributed by atoms with van der Waals surface area (Å²) in [6.45, 7) is 5.48. The van der Waals surface area contributed by atoms with E-state index < -0.39 is 6.03 Å². The second kappa shape index (κ2) is 10.5. The van der Waals surface area contributed by atoms with Crippen molar-refractivity contribution in [2.24, 2.45) is 0 Å². The molecule has 0 aliphatic carbocycles. The van der Waals surface area contributed by atoms with Crippen LogP contribution < -0.4 is 29.9 Å². The zero-order valence-electron chi connectivity index (χ0n) is 20.6. The molecule has 37 heavy (non-hydrogen) atoms. The van der Waals surface area contributed by atoms with Gasteiger partial charge >= 0.3 is 6.03 Å². The van der Waals surface area contributed by atoms with E-state index in [1.807, 2.05) is 19.1 Å². The number of halogens is 2. The van der Waals surface area contributed by atoms with Gasteiger partial charge in [0.15, 0.2) is 0 Å². The minimum Gasteiger partial charge on any atom is -0.495 e. The van der Waals surface area contributed by atoms with E-state index in [9.17, 15) is 9.59 Å². The first-order valence-electron chi connectivity index (χ1n) is 11.0. The van der Waals surface area contributed by atoms with Crippen LogP contribution in [0.5, 0.6) is 11.5 Å². The maximum atomic E-state index is 13.4. The number of carbonyl (C=O) groups excluding carboxylic acids is 2. The fourth-order valence-electron chi connectivity index (χ4n) is 3.89. The van der Waals surface area contributed by atoms with Gasteiger partial charge in [-0.15, -0.1) is 0 Å². The van der Waals surface area contributed by atoms with Gasteiger partial charge in [0, 0.05) is 24.9 Å². The van der Waals surface area contributed by atoms with E-state index in [0.29, 0.717) is 34.3 Å². The molecule has 0 fully saturated rings. The summed E-state index contributed by atoms with van der Waals surface area (Å²) in [4.78, 5) is 37.1. The molecule has 0 bridgehead atoms. The van der Waals surface area contributed by atoms with E-state index in [2.05, 4.69) is 27.2 Å². The lowest BCUT2D eigenvalue weighted by Crippen LogP contribution is -2.46. The molecule has 3 aromatic rings. The molecule has 4 rings (SSSR count). The largest absolute Gasteiger partial charge is 0.495 e. The smallest absolute Gasteiger partial charge is 0.330 e. The third kappa shape index (κ3) is 4.85. The monoisotopic (exact) mass is 542 g/mol. The van der Waals surface area contributed by atoms with Crippen LogP contribution in [0.4, 0.5) is 33.6 Å². The lowest BCUT2D eigenvalue weighted by molar-refractivity contribution is -0.111. The molecule has 0 unspecified atom stereocenters. The fraction of sp³-hybridized carbons (Fsp3) is 0.200. The molecule has 3 amide bonds. The Bertz CT molecular complexity index is 1390. The highest BCUT2D eigenvalue weighted by atomic mass is 35.5. The van der Waals surface area contributed by atoms with Crippen LogP contribution in [-0.4, -0.2) is 43.2 Å². The molecule has 2 N–H and O–H groups in total. The van der Waals surface area contributed by atoms with Crippen molar-refractivity contribution in [3.8, 4) is 11.5 Å². The van der Waals surface area contributed by atoms with Crippen LogP contribution in [0.1, 0.15) is 11.1 Å². The molecule has 2 aromatic carbocycles. The number of aryl methyl sites for hydroxylation is 1. The van der Waals surface area contributed by atoms with Gasteiger partial charge in [0.1, 0.15) is 27.4 Å². The first-order chi connectivity index (χ1) is 17.7. The Balaban J connectivity index is 1.70. The first kappa shape index (κ1) is 26.1. The van der Waals surface area contributed by atoms with E-state index in [-0.39, 0.29) is 34.1 Å². The number of para-hydroxylation sites is 1. The van der Waals surface area contributed by atoms with Gasteiger partial charge in [0.25, 0.3) is 0 Å². The van der Waals surface area contributed by atoms with Gasteiger partial charge in [-0.25, -0.2) is 9.78 Å². The lowest BCUT2D eigenvalue weighted by atomic mass is 10.1. The van der Waals surface area contributed by atoms with Crippen LogP contribution in [0, 0.1) is 6.92 Å². The minimum atomic E-state index is -0.411. The Morgan fingerprint density at radius 3 is 2.49 bits per heavy atom. The average molecular weight is 543 g/mol. The summed E-state index contributed by atoms with van der Waals surface area (Å²) in [5.41, 5.74) is 2.93. The number of benzene rings is 2. The fourth-order valence-corrected chi connectivity index (χ4v) is 4.59. The van der Waals surface area contributed by atoms with Gasteiger partial charge in [-0.05, 0) is 24.6 Å². The number of hydrogen-bond donors (Lipinski definition) is 2. The van der Waals surface area contributed by atoms with Crippen LogP contribution in [0.3, 0.4) is 0 Å². The van der Waals surface area contributed by atoms with E-state index >= 15 is 0 Å². The molecule has 1 aliphatic rings. The normalized spacial score (nSPS) is 12.6. The van der Waals surface area contributed by atoms with Gasteiger partial charge in [0.05, 0.1) is 37.8 Å². The van der Waals surface area contributed by atoms with E-state index in [1.165, 1.54) is 30.1 Å². The molecule has 10 nitrogen and oxygen atoms in total. The maximum Gasteiger partial charge on any atom is 0.330 e. The second-order valence-corrected chi connectivity index (χ2v) is 8.80. The number of carbonyl (C=O) groups is 2. The van der Waals surface area contributed by atoms with Gasteiger partial charge in [0.2, 0.25) is 11.9 Å². The van der Waals surface area contributed by atoms with Gasteiger partial charge in [-0.3, -0.25) is 14.6 Å². The van der Waals surface area contributed by atoms with Crippen molar-refractivity contribution in [1.29, 1.82) is 0 Å². The Morgan fingerprint density at radius 1 is 1.19 bits per heavy atom. The quantitative estimate of drug-likeness (QED) is 0.376. The predicted molar refractivity (Wildman–Crippen MR) is 145 cm³/mol. The van der Waals surface area contributed by atoms with Crippen LogP contribution in [0.15, 0.2) is 43.1 Å². The van der Waals surface area contributed by atoms with Crippen molar-refractivity contribution in [2.75, 3.05) is 41.7 Å². The third-order valence-electron chi connectivity index (χ3n) is 5.78. The Morgan fingerprint density at radius 2 is 1.86 bits per heavy atom. The minimum absolute atomic E-state index is 0.111. The van der Waals surface area contributed by atoms with Gasteiger partial charge in [-0.2, -0.15) is 4.98 Å². The summed E-state index contributed by atoms with van der Waals surface area (Å²) in [6, 6.07) is 6.59. The number of ether oxygens (including phenoxy) is 2. The highest BCUT2D eigenvalue weighted by Gasteiger charge is 2.35. The van der Waals surface area contributed by atoms with E-state index in [0.717, 1.165) is 5.56 Å². The molecule has 1 aromatic heterocycles. The Hall–Kier alpha value is -4.02. The first-order valence-corrected chi connectivity index (χ1v) is 11.8. The van der Waals surface area contributed by atoms with Crippen molar-refractivity contribution in [2.45, 2.75) is 13.5 Å². The number of methoxy groups -OCH3 is 2. The molecule has 0 radical (unpaired) electrons. The van der Waals surface area contributed by atoms with E-state index in [4.69, 9.17) is 32.7 Å². The molecule has 0 saturated carbocycles. The number of rotatable bonds is 7. The number of nitrogens with one attached hydrogen (secondary N) is 2. The molecule has 1 aliphatic heterocycles. The van der Waals surface area contributed by atoms with Crippen molar-refractivity contribution < 1.29 is 19.1 Å². The van der Waals surface area contributed by atoms with E-state index in [1.54, 1.807) is 25.4 Å². The lowest BCUT2D eigenvalue weighted by Gasteiger charge is -2.35. The summed E-state index contributed by atoms with van der Waals surface area (Å²) in [6.07, 6.45) is 2.80. The average Bonchev–Trinajstić information content (AvgIpc) is 2.89. The number of hydrogen-bond acceptors (Lipinski definition) is 7. The van der Waals surface area contributed by atoms with Crippen molar-refractivity contribution in [3.63, 3.8) is 0 Å². The molecule has 0 atom stereocenters. The summed E-state index contributed by atoms with van der Waals surface area (Å²) in [5.74, 6) is 0.928. The molecular weight excluding hydrogens is 519 g/mol. The molecule has 2 heterocycles. The highest BCUT2D eigenvalue weighted by molar-refractivity contribution is 6.42. The molecule has 0 spiro atoms. The van der Waals surface area contributed by atoms with Gasteiger partial charge < -0.3 is 20.1 Å². The SMILES string of the molecule is C=CC(=O)Nc1cccc(C)c1Nc1ncc2c(n1)N(C)C(=O)N(c1c(Cl)c(OC)cc(OC)c1Cl)C2. The molecule has 12 heteroatoms. The zero-order chi connectivity index (χ0) is 26.9. The number of amides is 3. The summed E-state index contributed by atoms with van der Waals surface area (Å²) < 4.78 is 10.7. The van der Waals surface area contributed by atoms with Crippen molar-refractivity contribution in [1.82, 2.24) is 9.97 Å². The number of nitrogens with zero attached hydrogens (tertiary/aromatic N) is 4. The van der Waals surface area contributed by atoms with Crippen LogP contribution in [0.2, 0.25) is 10.0 Å². The summed E-state index contributed by atoms with van der Waals surface area (Å²) in [7, 11) is 4.51. The predicted octanol–water partition coefficient (Wildman–Crippen LogP) is 5.55. The highest BCUT2D eigenvalue weighted by Crippen LogP contribution is 2.47. The topological polar surface area (TPSA) is 109 Å². The Kier molecular flexibility index (Phi) is 7.42. The van der Waals surface area contributed by atoms with Crippen LogP contribution in [-0.2, 0) is 11.3 Å². The van der Waals surface area contributed by atoms with Crippen LogP contribution >= 0.6 is 23.2 Å².